The summed E-state index contributed by atoms with van der Waals surface area (Å²) in [5.74, 6) is 0.647. The van der Waals surface area contributed by atoms with Crippen molar-refractivity contribution in [1.29, 1.82) is 5.26 Å². The highest BCUT2D eigenvalue weighted by Gasteiger charge is 2.14. The molecule has 18 heavy (non-hydrogen) atoms. The van der Waals surface area contributed by atoms with Crippen LogP contribution in [-0.4, -0.2) is 24.0 Å². The van der Waals surface area contributed by atoms with Crippen LogP contribution in [0.2, 0.25) is 0 Å². The van der Waals surface area contributed by atoms with Crippen molar-refractivity contribution < 1.29 is 4.79 Å². The standard InChI is InChI=1S/C13H17N3OS/c1-9-3-4-10(8-14)7-12(9)16-13(17)11(15)5-6-18-2/h3-4,7,11H,5-6,15H2,1-2H3,(H,16,17)/t11-/m1/s1. The Morgan fingerprint density at radius 1 is 1.61 bits per heavy atom. The SMILES string of the molecule is CSCC[C@@H](N)C(=O)Nc1cc(C#N)ccc1C. The summed E-state index contributed by atoms with van der Waals surface area (Å²) >= 11 is 1.66. The van der Waals surface area contributed by atoms with Gasteiger partial charge in [-0.05, 0) is 43.0 Å². The van der Waals surface area contributed by atoms with Crippen molar-refractivity contribution in [3.8, 4) is 6.07 Å². The van der Waals surface area contributed by atoms with Gasteiger partial charge in [-0.25, -0.2) is 0 Å². The van der Waals surface area contributed by atoms with Gasteiger partial charge >= 0.3 is 0 Å². The van der Waals surface area contributed by atoms with Crippen LogP contribution in [0.5, 0.6) is 0 Å². The molecule has 0 bridgehead atoms. The summed E-state index contributed by atoms with van der Waals surface area (Å²) in [6.45, 7) is 1.88. The van der Waals surface area contributed by atoms with E-state index in [2.05, 4.69) is 5.32 Å². The number of nitrogens with one attached hydrogen (secondary N) is 1. The number of nitriles is 1. The summed E-state index contributed by atoms with van der Waals surface area (Å²) < 4.78 is 0. The van der Waals surface area contributed by atoms with Gasteiger partial charge in [-0.2, -0.15) is 17.0 Å². The second kappa shape index (κ2) is 7.04. The lowest BCUT2D eigenvalue weighted by atomic mass is 10.1. The number of anilines is 1. The van der Waals surface area contributed by atoms with Gasteiger partial charge in [0.15, 0.2) is 0 Å². The summed E-state index contributed by atoms with van der Waals surface area (Å²) in [5, 5.41) is 11.6. The molecule has 0 saturated carbocycles. The van der Waals surface area contributed by atoms with Crippen LogP contribution in [0.15, 0.2) is 18.2 Å². The van der Waals surface area contributed by atoms with E-state index in [9.17, 15) is 4.79 Å². The number of carbonyl (C=O) groups is 1. The minimum absolute atomic E-state index is 0.206. The van der Waals surface area contributed by atoms with Crippen LogP contribution < -0.4 is 11.1 Å². The lowest BCUT2D eigenvalue weighted by Crippen LogP contribution is -2.36. The second-order valence-corrected chi connectivity index (χ2v) is 5.00. The quantitative estimate of drug-likeness (QED) is 0.850. The van der Waals surface area contributed by atoms with Gasteiger partial charge < -0.3 is 11.1 Å². The van der Waals surface area contributed by atoms with E-state index in [0.717, 1.165) is 11.3 Å². The molecule has 0 aliphatic rings. The number of amides is 1. The minimum atomic E-state index is -0.511. The molecule has 0 unspecified atom stereocenters. The van der Waals surface area contributed by atoms with Crippen LogP contribution in [0.1, 0.15) is 17.5 Å². The first-order valence-electron chi connectivity index (χ1n) is 5.64. The summed E-state index contributed by atoms with van der Waals surface area (Å²) in [6, 6.07) is 6.72. The molecule has 4 nitrogen and oxygen atoms in total. The molecule has 0 aromatic heterocycles. The highest BCUT2D eigenvalue weighted by Crippen LogP contribution is 2.16. The smallest absolute Gasteiger partial charge is 0.241 e. The van der Waals surface area contributed by atoms with Gasteiger partial charge in [0, 0.05) is 5.69 Å². The van der Waals surface area contributed by atoms with Gasteiger partial charge in [0.05, 0.1) is 17.7 Å². The van der Waals surface area contributed by atoms with Gasteiger partial charge in [0.1, 0.15) is 0 Å². The van der Waals surface area contributed by atoms with Crippen molar-refractivity contribution in [2.45, 2.75) is 19.4 Å². The predicted octanol–water partition coefficient (Wildman–Crippen LogP) is 1.89. The third-order valence-electron chi connectivity index (χ3n) is 2.59. The van der Waals surface area contributed by atoms with Crippen molar-refractivity contribution in [2.24, 2.45) is 5.73 Å². The fraction of sp³-hybridized carbons (Fsp3) is 0.385. The Morgan fingerprint density at radius 2 is 2.33 bits per heavy atom. The Morgan fingerprint density at radius 3 is 2.94 bits per heavy atom. The number of hydrogen-bond donors (Lipinski definition) is 2. The molecule has 0 radical (unpaired) electrons. The van der Waals surface area contributed by atoms with E-state index >= 15 is 0 Å². The van der Waals surface area contributed by atoms with Crippen LogP contribution in [0.25, 0.3) is 0 Å². The van der Waals surface area contributed by atoms with Gasteiger partial charge in [-0.1, -0.05) is 6.07 Å². The molecular formula is C13H17N3OS. The molecular weight excluding hydrogens is 246 g/mol. The van der Waals surface area contributed by atoms with Crippen molar-refractivity contribution in [2.75, 3.05) is 17.3 Å². The average Bonchev–Trinajstić information content (AvgIpc) is 2.38. The van der Waals surface area contributed by atoms with Crippen LogP contribution in [0.4, 0.5) is 5.69 Å². The zero-order valence-corrected chi connectivity index (χ0v) is 11.4. The van der Waals surface area contributed by atoms with Crippen molar-refractivity contribution >= 4 is 23.4 Å². The van der Waals surface area contributed by atoms with Gasteiger partial charge in [-0.15, -0.1) is 0 Å². The zero-order chi connectivity index (χ0) is 13.5. The number of aryl methyl sites for hydroxylation is 1. The molecule has 0 aliphatic carbocycles. The number of benzene rings is 1. The molecule has 0 aliphatic heterocycles. The molecule has 1 amide bonds. The number of thioether (sulfide) groups is 1. The maximum Gasteiger partial charge on any atom is 0.241 e. The Labute approximate surface area is 112 Å². The topological polar surface area (TPSA) is 78.9 Å². The largest absolute Gasteiger partial charge is 0.324 e. The zero-order valence-electron chi connectivity index (χ0n) is 10.6. The average molecular weight is 263 g/mol. The van der Waals surface area contributed by atoms with Gasteiger partial charge in [0.25, 0.3) is 0 Å². The maximum atomic E-state index is 11.8. The summed E-state index contributed by atoms with van der Waals surface area (Å²) in [7, 11) is 0. The number of rotatable bonds is 5. The van der Waals surface area contributed by atoms with E-state index in [-0.39, 0.29) is 5.91 Å². The molecule has 0 spiro atoms. The highest BCUT2D eigenvalue weighted by molar-refractivity contribution is 7.98. The number of carbonyl (C=O) groups excluding carboxylic acids is 1. The second-order valence-electron chi connectivity index (χ2n) is 4.02. The third kappa shape index (κ3) is 4.06. The van der Waals surface area contributed by atoms with Gasteiger partial charge in [0.2, 0.25) is 5.91 Å². The first-order chi connectivity index (χ1) is 8.58. The number of nitrogens with two attached hydrogens (primary N) is 1. The lowest BCUT2D eigenvalue weighted by molar-refractivity contribution is -0.117. The van der Waals surface area contributed by atoms with E-state index < -0.39 is 6.04 Å². The first-order valence-corrected chi connectivity index (χ1v) is 7.04. The van der Waals surface area contributed by atoms with Crippen LogP contribution in [0, 0.1) is 18.3 Å². The Bertz CT molecular complexity index is 468. The summed E-state index contributed by atoms with van der Waals surface area (Å²) in [4.78, 5) is 11.8. The normalized spacial score (nSPS) is 11.7. The monoisotopic (exact) mass is 263 g/mol. The first kappa shape index (κ1) is 14.6. The molecule has 1 aromatic carbocycles. The minimum Gasteiger partial charge on any atom is -0.324 e. The molecule has 0 fully saturated rings. The van der Waals surface area contributed by atoms with E-state index in [0.29, 0.717) is 17.7 Å². The maximum absolute atomic E-state index is 11.8. The van der Waals surface area contributed by atoms with E-state index in [1.165, 1.54) is 0 Å². The van der Waals surface area contributed by atoms with E-state index in [1.54, 1.807) is 23.9 Å². The highest BCUT2D eigenvalue weighted by atomic mass is 32.2. The molecule has 5 heteroatoms. The van der Waals surface area contributed by atoms with Gasteiger partial charge in [-0.3, -0.25) is 4.79 Å². The van der Waals surface area contributed by atoms with E-state index in [1.807, 2.05) is 25.3 Å². The molecule has 1 atom stereocenters. The molecule has 1 aromatic rings. The van der Waals surface area contributed by atoms with E-state index in [4.69, 9.17) is 11.0 Å². The van der Waals surface area contributed by atoms with Crippen molar-refractivity contribution in [1.82, 2.24) is 0 Å². The van der Waals surface area contributed by atoms with Crippen LogP contribution in [-0.2, 0) is 4.79 Å². The molecule has 1 rings (SSSR count). The fourth-order valence-electron chi connectivity index (χ4n) is 1.43. The van der Waals surface area contributed by atoms with Crippen molar-refractivity contribution in [3.05, 3.63) is 29.3 Å². The fourth-order valence-corrected chi connectivity index (χ4v) is 1.92. The van der Waals surface area contributed by atoms with Crippen LogP contribution >= 0.6 is 11.8 Å². The molecule has 0 saturated heterocycles. The summed E-state index contributed by atoms with van der Waals surface area (Å²) in [5.41, 5.74) is 7.87. The molecule has 96 valence electrons. The lowest BCUT2D eigenvalue weighted by Gasteiger charge is -2.13. The predicted molar refractivity (Wildman–Crippen MR) is 75.5 cm³/mol. The Balaban J connectivity index is 2.72. The Hall–Kier alpha value is -1.51. The van der Waals surface area contributed by atoms with Crippen LogP contribution in [0.3, 0.4) is 0 Å². The number of hydrogen-bond acceptors (Lipinski definition) is 4. The third-order valence-corrected chi connectivity index (χ3v) is 3.24. The molecule has 0 heterocycles. The Kier molecular flexibility index (Phi) is 5.69. The van der Waals surface area contributed by atoms with Crippen molar-refractivity contribution in [3.63, 3.8) is 0 Å². The molecule has 3 N–H and O–H groups in total. The summed E-state index contributed by atoms with van der Waals surface area (Å²) in [6.07, 6.45) is 2.62. The number of nitrogens with zero attached hydrogens (tertiary/aromatic N) is 1.